The fourth-order valence-electron chi connectivity index (χ4n) is 3.19. The smallest absolute Gasteiger partial charge is 0.0859 e. The molecule has 1 aliphatic rings. The van der Waals surface area contributed by atoms with E-state index in [2.05, 4.69) is 26.1 Å². The van der Waals surface area contributed by atoms with Gasteiger partial charge in [0, 0.05) is 13.7 Å². The van der Waals surface area contributed by atoms with E-state index < -0.39 is 0 Å². The number of likely N-dealkylation sites (N-methyl/N-ethyl adjacent to an activating group) is 1. The molecule has 0 spiro atoms. The van der Waals surface area contributed by atoms with Crippen LogP contribution in [-0.2, 0) is 9.47 Å². The number of hydrogen-bond acceptors (Lipinski definition) is 3. The Morgan fingerprint density at radius 2 is 2.18 bits per heavy atom. The van der Waals surface area contributed by atoms with Crippen molar-refractivity contribution in [3.05, 3.63) is 0 Å². The summed E-state index contributed by atoms with van der Waals surface area (Å²) in [6.45, 7) is 9.07. The van der Waals surface area contributed by atoms with Crippen molar-refractivity contribution in [2.75, 3.05) is 26.9 Å². The van der Waals surface area contributed by atoms with Crippen LogP contribution in [0.2, 0.25) is 0 Å². The third-order valence-electron chi connectivity index (χ3n) is 3.84. The number of ether oxygens (including phenoxy) is 2. The summed E-state index contributed by atoms with van der Waals surface area (Å²) in [7, 11) is 1.77. The summed E-state index contributed by atoms with van der Waals surface area (Å²) in [6.07, 6.45) is 4.92. The standard InChI is InChI=1S/C14H29NO2/c1-5-15-13(11-16-4)14(17-6-2)9-7-8-12(3)10-14/h12-13,15H,5-11H2,1-4H3. The molecular formula is C14H29NO2. The van der Waals surface area contributed by atoms with E-state index >= 15 is 0 Å². The minimum atomic E-state index is -0.0154. The third-order valence-corrected chi connectivity index (χ3v) is 3.84. The van der Waals surface area contributed by atoms with Crippen LogP contribution in [0.5, 0.6) is 0 Å². The molecule has 1 aliphatic carbocycles. The van der Waals surface area contributed by atoms with Gasteiger partial charge in [-0.1, -0.05) is 26.7 Å². The van der Waals surface area contributed by atoms with E-state index in [1.165, 1.54) is 12.8 Å². The number of nitrogens with one attached hydrogen (secondary N) is 1. The van der Waals surface area contributed by atoms with Crippen LogP contribution in [0.1, 0.15) is 46.5 Å². The summed E-state index contributed by atoms with van der Waals surface area (Å²) in [4.78, 5) is 0. The zero-order valence-corrected chi connectivity index (χ0v) is 11.9. The van der Waals surface area contributed by atoms with Crippen LogP contribution in [-0.4, -0.2) is 38.5 Å². The van der Waals surface area contributed by atoms with Gasteiger partial charge in [0.05, 0.1) is 18.2 Å². The lowest BCUT2D eigenvalue weighted by molar-refractivity contribution is -0.111. The van der Waals surface area contributed by atoms with Crippen LogP contribution >= 0.6 is 0 Å². The fourth-order valence-corrected chi connectivity index (χ4v) is 3.19. The molecular weight excluding hydrogens is 214 g/mol. The molecule has 0 radical (unpaired) electrons. The van der Waals surface area contributed by atoms with Gasteiger partial charge in [-0.3, -0.25) is 0 Å². The first-order valence-corrected chi connectivity index (χ1v) is 7.04. The highest BCUT2D eigenvalue weighted by atomic mass is 16.5. The normalized spacial score (nSPS) is 31.4. The molecule has 0 aromatic carbocycles. The molecule has 0 saturated heterocycles. The summed E-state index contributed by atoms with van der Waals surface area (Å²) in [5, 5.41) is 3.55. The Morgan fingerprint density at radius 3 is 2.71 bits per heavy atom. The van der Waals surface area contributed by atoms with Crippen LogP contribution in [0.3, 0.4) is 0 Å². The number of methoxy groups -OCH3 is 1. The zero-order chi connectivity index (χ0) is 12.7. The first-order valence-electron chi connectivity index (χ1n) is 7.04. The summed E-state index contributed by atoms with van der Waals surface area (Å²) in [6, 6.07) is 0.320. The Hall–Kier alpha value is -0.120. The molecule has 0 heterocycles. The Bertz CT molecular complexity index is 200. The third kappa shape index (κ3) is 3.94. The van der Waals surface area contributed by atoms with E-state index in [-0.39, 0.29) is 5.60 Å². The highest BCUT2D eigenvalue weighted by molar-refractivity contribution is 4.97. The molecule has 102 valence electrons. The highest BCUT2D eigenvalue weighted by Gasteiger charge is 2.42. The van der Waals surface area contributed by atoms with E-state index in [0.717, 1.165) is 38.5 Å². The van der Waals surface area contributed by atoms with Crippen LogP contribution in [0.25, 0.3) is 0 Å². The minimum Gasteiger partial charge on any atom is -0.383 e. The van der Waals surface area contributed by atoms with Gasteiger partial charge in [0.15, 0.2) is 0 Å². The SMILES string of the molecule is CCNC(COC)C1(OCC)CCCC(C)C1. The lowest BCUT2D eigenvalue weighted by atomic mass is 9.74. The average molecular weight is 243 g/mol. The van der Waals surface area contributed by atoms with Crippen LogP contribution in [0.15, 0.2) is 0 Å². The largest absolute Gasteiger partial charge is 0.383 e. The van der Waals surface area contributed by atoms with Crippen LogP contribution < -0.4 is 5.32 Å². The highest BCUT2D eigenvalue weighted by Crippen LogP contribution is 2.37. The molecule has 0 aliphatic heterocycles. The fraction of sp³-hybridized carbons (Fsp3) is 1.00. The van der Waals surface area contributed by atoms with Crippen LogP contribution in [0, 0.1) is 5.92 Å². The molecule has 3 unspecified atom stereocenters. The van der Waals surface area contributed by atoms with Gasteiger partial charge in [-0.15, -0.1) is 0 Å². The van der Waals surface area contributed by atoms with Gasteiger partial charge in [-0.25, -0.2) is 0 Å². The maximum absolute atomic E-state index is 6.17. The van der Waals surface area contributed by atoms with Crippen molar-refractivity contribution >= 4 is 0 Å². The van der Waals surface area contributed by atoms with Gasteiger partial charge < -0.3 is 14.8 Å². The van der Waals surface area contributed by atoms with Crippen molar-refractivity contribution in [3.63, 3.8) is 0 Å². The first kappa shape index (κ1) is 14.9. The van der Waals surface area contributed by atoms with Crippen molar-refractivity contribution in [1.29, 1.82) is 0 Å². The van der Waals surface area contributed by atoms with Gasteiger partial charge in [0.2, 0.25) is 0 Å². The number of rotatable bonds is 7. The monoisotopic (exact) mass is 243 g/mol. The van der Waals surface area contributed by atoms with Crippen molar-refractivity contribution in [1.82, 2.24) is 5.32 Å². The van der Waals surface area contributed by atoms with E-state index in [4.69, 9.17) is 9.47 Å². The predicted molar refractivity (Wildman–Crippen MR) is 71.3 cm³/mol. The minimum absolute atomic E-state index is 0.0154. The summed E-state index contributed by atoms with van der Waals surface area (Å²) in [5.41, 5.74) is -0.0154. The first-order chi connectivity index (χ1) is 8.18. The lowest BCUT2D eigenvalue weighted by Gasteiger charge is -2.45. The molecule has 0 amide bonds. The molecule has 1 fully saturated rings. The van der Waals surface area contributed by atoms with Crippen molar-refractivity contribution in [2.45, 2.75) is 58.1 Å². The quantitative estimate of drug-likeness (QED) is 0.745. The molecule has 3 nitrogen and oxygen atoms in total. The van der Waals surface area contributed by atoms with Crippen LogP contribution in [0.4, 0.5) is 0 Å². The Morgan fingerprint density at radius 1 is 1.41 bits per heavy atom. The van der Waals surface area contributed by atoms with E-state index in [9.17, 15) is 0 Å². The maximum Gasteiger partial charge on any atom is 0.0859 e. The Kier molecular flexibility index (Phi) is 6.45. The second-order valence-corrected chi connectivity index (χ2v) is 5.26. The molecule has 3 heteroatoms. The average Bonchev–Trinajstić information content (AvgIpc) is 2.29. The molecule has 0 bridgehead atoms. The molecule has 0 aromatic rings. The summed E-state index contributed by atoms with van der Waals surface area (Å²) < 4.78 is 11.5. The molecule has 3 atom stereocenters. The predicted octanol–water partition coefficient (Wildman–Crippen LogP) is 2.60. The molecule has 0 aromatic heterocycles. The topological polar surface area (TPSA) is 30.5 Å². The Balaban J connectivity index is 2.77. The van der Waals surface area contributed by atoms with Crippen molar-refractivity contribution in [3.8, 4) is 0 Å². The van der Waals surface area contributed by atoms with Gasteiger partial charge in [0.25, 0.3) is 0 Å². The second-order valence-electron chi connectivity index (χ2n) is 5.26. The van der Waals surface area contributed by atoms with Crippen molar-refractivity contribution < 1.29 is 9.47 Å². The van der Waals surface area contributed by atoms with E-state index in [0.29, 0.717) is 6.04 Å². The lowest BCUT2D eigenvalue weighted by Crippen LogP contribution is -2.57. The molecule has 17 heavy (non-hydrogen) atoms. The van der Waals surface area contributed by atoms with E-state index in [1.54, 1.807) is 7.11 Å². The summed E-state index contributed by atoms with van der Waals surface area (Å²) >= 11 is 0. The van der Waals surface area contributed by atoms with Gasteiger partial charge in [-0.2, -0.15) is 0 Å². The molecule has 1 rings (SSSR count). The second kappa shape index (κ2) is 7.34. The summed E-state index contributed by atoms with van der Waals surface area (Å²) in [5.74, 6) is 0.758. The van der Waals surface area contributed by atoms with E-state index in [1.807, 2.05) is 0 Å². The van der Waals surface area contributed by atoms with Crippen molar-refractivity contribution in [2.24, 2.45) is 5.92 Å². The van der Waals surface area contributed by atoms with Gasteiger partial charge in [0.1, 0.15) is 0 Å². The maximum atomic E-state index is 6.17. The zero-order valence-electron chi connectivity index (χ0n) is 11.9. The molecule has 1 N–H and O–H groups in total. The molecule has 1 saturated carbocycles. The van der Waals surface area contributed by atoms with Gasteiger partial charge in [-0.05, 0) is 32.2 Å². The number of hydrogen-bond donors (Lipinski definition) is 1. The van der Waals surface area contributed by atoms with Gasteiger partial charge >= 0.3 is 0 Å². The Labute approximate surface area is 106 Å².